The molecule has 3 heterocycles. The molecule has 0 fully saturated rings. The number of aromatic nitrogens is 3. The molecule has 0 aliphatic heterocycles. The van der Waals surface area contributed by atoms with Crippen molar-refractivity contribution in [3.05, 3.63) is 115 Å². The minimum absolute atomic E-state index is 0.416. The molecule has 37 heavy (non-hydrogen) atoms. The molecule has 6 rings (SSSR count). The summed E-state index contributed by atoms with van der Waals surface area (Å²) >= 11 is 0. The molecule has 6 heteroatoms. The summed E-state index contributed by atoms with van der Waals surface area (Å²) in [6.45, 7) is 0.416. The Morgan fingerprint density at radius 3 is 2.30 bits per heavy atom. The maximum Gasteiger partial charge on any atom is 0.162 e. The van der Waals surface area contributed by atoms with Gasteiger partial charge in [0.25, 0.3) is 0 Å². The van der Waals surface area contributed by atoms with Gasteiger partial charge in [0.05, 0.1) is 12.6 Å². The van der Waals surface area contributed by atoms with E-state index in [0.29, 0.717) is 40.9 Å². The number of hydrogen-bond acceptors (Lipinski definition) is 6. The average molecular weight is 486 g/mol. The van der Waals surface area contributed by atoms with Crippen LogP contribution in [0.5, 0.6) is 23.0 Å². The highest BCUT2D eigenvalue weighted by Gasteiger charge is 2.16. The molecule has 0 aliphatic rings. The van der Waals surface area contributed by atoms with Crippen LogP contribution in [0.3, 0.4) is 0 Å². The molecular weight excluding hydrogens is 462 g/mol. The van der Waals surface area contributed by atoms with Crippen LogP contribution in [0.2, 0.25) is 0 Å². The van der Waals surface area contributed by atoms with Crippen LogP contribution in [0.4, 0.5) is 0 Å². The Hall–Kier alpha value is -4.97. The molecule has 0 saturated carbocycles. The van der Waals surface area contributed by atoms with Gasteiger partial charge in [-0.3, -0.25) is 4.98 Å². The molecule has 0 bridgehead atoms. The Bertz CT molecular complexity index is 1690. The van der Waals surface area contributed by atoms with Crippen LogP contribution in [-0.2, 0) is 6.61 Å². The Balaban J connectivity index is 1.43. The maximum absolute atomic E-state index is 6.55. The lowest BCUT2D eigenvalue weighted by Crippen LogP contribution is -1.99. The lowest BCUT2D eigenvalue weighted by atomic mass is 10.1. The zero-order valence-electron chi connectivity index (χ0n) is 20.2. The van der Waals surface area contributed by atoms with E-state index in [4.69, 9.17) is 19.2 Å². The van der Waals surface area contributed by atoms with E-state index in [9.17, 15) is 0 Å². The second kappa shape index (κ2) is 9.95. The van der Waals surface area contributed by atoms with Gasteiger partial charge in [-0.2, -0.15) is 0 Å². The summed E-state index contributed by atoms with van der Waals surface area (Å²) in [5.41, 5.74) is 4.12. The summed E-state index contributed by atoms with van der Waals surface area (Å²) in [6, 6.07) is 31.4. The van der Waals surface area contributed by atoms with Gasteiger partial charge in [0.1, 0.15) is 18.1 Å². The molecule has 0 spiro atoms. The van der Waals surface area contributed by atoms with Crippen molar-refractivity contribution < 1.29 is 14.2 Å². The monoisotopic (exact) mass is 485 g/mol. The van der Waals surface area contributed by atoms with Gasteiger partial charge in [-0.05, 0) is 35.9 Å². The average Bonchev–Trinajstić information content (AvgIpc) is 2.96. The molecule has 0 unspecified atom stereocenters. The first kappa shape index (κ1) is 22.5. The highest BCUT2D eigenvalue weighted by molar-refractivity contribution is 5.89. The molecule has 0 radical (unpaired) electrons. The zero-order chi connectivity index (χ0) is 25.0. The largest absolute Gasteiger partial charge is 0.493 e. The van der Waals surface area contributed by atoms with E-state index in [1.54, 1.807) is 19.5 Å². The number of fused-ring (bicyclic) bond motifs is 2. The van der Waals surface area contributed by atoms with E-state index in [1.165, 1.54) is 0 Å². The molecule has 3 aromatic heterocycles. The molecule has 6 nitrogen and oxygen atoms in total. The molecule has 6 aromatic rings. The van der Waals surface area contributed by atoms with E-state index in [0.717, 1.165) is 27.4 Å². The Labute approximate surface area is 214 Å². The highest BCUT2D eigenvalue weighted by atomic mass is 16.5. The normalized spacial score (nSPS) is 10.9. The fourth-order valence-electron chi connectivity index (χ4n) is 4.21. The number of hydrogen-bond donors (Lipinski definition) is 0. The number of benzene rings is 3. The third-order valence-corrected chi connectivity index (χ3v) is 6.05. The molecular formula is C31H23N3O3. The predicted molar refractivity (Wildman–Crippen MR) is 144 cm³/mol. The third kappa shape index (κ3) is 4.65. The molecule has 0 atom stereocenters. The van der Waals surface area contributed by atoms with Gasteiger partial charge < -0.3 is 14.2 Å². The molecule has 0 amide bonds. The summed E-state index contributed by atoms with van der Waals surface area (Å²) in [5.74, 6) is 2.48. The first-order valence-electron chi connectivity index (χ1n) is 11.9. The fourth-order valence-corrected chi connectivity index (χ4v) is 4.21. The highest BCUT2D eigenvalue weighted by Crippen LogP contribution is 2.40. The van der Waals surface area contributed by atoms with Crippen LogP contribution in [0.1, 0.15) is 5.56 Å². The van der Waals surface area contributed by atoms with Gasteiger partial charge in [-0.15, -0.1) is 0 Å². The smallest absolute Gasteiger partial charge is 0.162 e. The number of rotatable bonds is 7. The van der Waals surface area contributed by atoms with Crippen LogP contribution in [0, 0.1) is 0 Å². The SMILES string of the molecule is COc1cc2nccc(Oc3cc4cccnc4nc3-c3ccccc3)c2cc1OCc1ccccc1. The summed E-state index contributed by atoms with van der Waals surface area (Å²) in [5, 5.41) is 1.70. The Morgan fingerprint density at radius 1 is 0.676 bits per heavy atom. The van der Waals surface area contributed by atoms with Crippen LogP contribution in [-0.4, -0.2) is 22.1 Å². The maximum atomic E-state index is 6.55. The number of ether oxygens (including phenoxy) is 3. The Morgan fingerprint density at radius 2 is 1.49 bits per heavy atom. The van der Waals surface area contributed by atoms with Gasteiger partial charge in [0, 0.05) is 34.8 Å². The third-order valence-electron chi connectivity index (χ3n) is 6.05. The van der Waals surface area contributed by atoms with Crippen molar-refractivity contribution in [2.45, 2.75) is 6.61 Å². The van der Waals surface area contributed by atoms with Crippen molar-refractivity contribution in [3.63, 3.8) is 0 Å². The first-order chi connectivity index (χ1) is 18.3. The second-order valence-electron chi connectivity index (χ2n) is 8.46. The van der Waals surface area contributed by atoms with Crippen LogP contribution >= 0.6 is 0 Å². The van der Waals surface area contributed by atoms with Crippen molar-refractivity contribution in [2.75, 3.05) is 7.11 Å². The minimum atomic E-state index is 0.416. The van der Waals surface area contributed by atoms with Crippen molar-refractivity contribution in [2.24, 2.45) is 0 Å². The molecule has 180 valence electrons. The second-order valence-corrected chi connectivity index (χ2v) is 8.46. The fraction of sp³-hybridized carbons (Fsp3) is 0.0645. The lowest BCUT2D eigenvalue weighted by Gasteiger charge is -2.15. The van der Waals surface area contributed by atoms with E-state index >= 15 is 0 Å². The van der Waals surface area contributed by atoms with Gasteiger partial charge in [0.2, 0.25) is 0 Å². The van der Waals surface area contributed by atoms with Crippen LogP contribution in [0.15, 0.2) is 109 Å². The van der Waals surface area contributed by atoms with Crippen molar-refractivity contribution in [3.8, 4) is 34.3 Å². The summed E-state index contributed by atoms with van der Waals surface area (Å²) < 4.78 is 18.3. The summed E-state index contributed by atoms with van der Waals surface area (Å²) in [6.07, 6.45) is 3.46. The van der Waals surface area contributed by atoms with Crippen molar-refractivity contribution in [1.29, 1.82) is 0 Å². The van der Waals surface area contributed by atoms with E-state index in [2.05, 4.69) is 9.97 Å². The van der Waals surface area contributed by atoms with Crippen molar-refractivity contribution in [1.82, 2.24) is 15.0 Å². The van der Waals surface area contributed by atoms with Gasteiger partial charge in [-0.25, -0.2) is 9.97 Å². The first-order valence-corrected chi connectivity index (χ1v) is 11.9. The van der Waals surface area contributed by atoms with Crippen LogP contribution in [0.25, 0.3) is 33.2 Å². The summed E-state index contributed by atoms with van der Waals surface area (Å²) in [7, 11) is 1.62. The summed E-state index contributed by atoms with van der Waals surface area (Å²) in [4.78, 5) is 13.8. The van der Waals surface area contributed by atoms with Crippen LogP contribution < -0.4 is 14.2 Å². The molecule has 0 aliphatic carbocycles. The standard InChI is InChI=1S/C31H23N3O3/c1-35-27-19-25-24(18-28(27)36-20-21-9-4-2-5-10-21)26(14-16-32-25)37-29-17-23-13-8-15-33-31(23)34-30(29)22-11-6-3-7-12-22/h2-19H,20H2,1H3. The van der Waals surface area contributed by atoms with Crippen molar-refractivity contribution >= 4 is 21.9 Å². The predicted octanol–water partition coefficient (Wildman–Crippen LogP) is 7.22. The zero-order valence-corrected chi connectivity index (χ0v) is 20.2. The van der Waals surface area contributed by atoms with Gasteiger partial charge in [0.15, 0.2) is 22.9 Å². The minimum Gasteiger partial charge on any atom is -0.493 e. The van der Waals surface area contributed by atoms with E-state index in [1.807, 2.05) is 97.1 Å². The number of methoxy groups -OCH3 is 1. The topological polar surface area (TPSA) is 66.4 Å². The Kier molecular flexibility index (Phi) is 6.05. The lowest BCUT2D eigenvalue weighted by molar-refractivity contribution is 0.285. The van der Waals surface area contributed by atoms with E-state index < -0.39 is 0 Å². The number of nitrogens with zero attached hydrogens (tertiary/aromatic N) is 3. The molecule has 0 N–H and O–H groups in total. The van der Waals surface area contributed by atoms with E-state index in [-0.39, 0.29) is 0 Å². The molecule has 0 saturated heterocycles. The molecule has 3 aromatic carbocycles. The quantitative estimate of drug-likeness (QED) is 0.238. The number of pyridine rings is 3. The van der Waals surface area contributed by atoms with Gasteiger partial charge >= 0.3 is 0 Å². The van der Waals surface area contributed by atoms with Gasteiger partial charge in [-0.1, -0.05) is 60.7 Å².